The van der Waals surface area contributed by atoms with Gasteiger partial charge in [-0.2, -0.15) is 9.78 Å². The number of halogens is 1. The van der Waals surface area contributed by atoms with Gasteiger partial charge in [0, 0.05) is 16.0 Å². The van der Waals surface area contributed by atoms with Crippen LogP contribution in [0.3, 0.4) is 0 Å². The lowest BCUT2D eigenvalue weighted by Crippen LogP contribution is -2.25. The molecule has 35 heavy (non-hydrogen) atoms. The molecule has 1 heterocycles. The summed E-state index contributed by atoms with van der Waals surface area (Å²) in [6.07, 6.45) is 8.01. The normalized spacial score (nSPS) is 15.5. The molecule has 0 amide bonds. The molecule has 0 radical (unpaired) electrons. The molecule has 8 heteroatoms. The predicted molar refractivity (Wildman–Crippen MR) is 142 cm³/mol. The summed E-state index contributed by atoms with van der Waals surface area (Å²) in [5.74, 6) is 2.57. The van der Waals surface area contributed by atoms with E-state index in [0.29, 0.717) is 28.2 Å². The molecule has 1 aliphatic carbocycles. The number of hydrogen-bond acceptors (Lipinski definition) is 6. The fraction of sp³-hybridized carbons (Fsp3) is 0.444. The van der Waals surface area contributed by atoms with Crippen molar-refractivity contribution in [2.75, 3.05) is 14.2 Å². The number of hydrogen-bond donors (Lipinski definition) is 0. The second-order valence-corrected chi connectivity index (χ2v) is 9.83. The Morgan fingerprint density at radius 2 is 1.83 bits per heavy atom. The largest absolute Gasteiger partial charge is 0.493 e. The van der Waals surface area contributed by atoms with Crippen LogP contribution in [0.15, 0.2) is 44.7 Å². The van der Waals surface area contributed by atoms with Gasteiger partial charge in [0.15, 0.2) is 11.5 Å². The Morgan fingerprint density at radius 1 is 1.14 bits per heavy atom. The Kier molecular flexibility index (Phi) is 8.11. The summed E-state index contributed by atoms with van der Waals surface area (Å²) in [6.45, 7) is 4.06. The maximum atomic E-state index is 13.5. The van der Waals surface area contributed by atoms with Gasteiger partial charge >= 0.3 is 0 Å². The van der Waals surface area contributed by atoms with Gasteiger partial charge in [0.25, 0.3) is 5.56 Å². The minimum Gasteiger partial charge on any atom is -0.493 e. The molecule has 0 unspecified atom stereocenters. The maximum Gasteiger partial charge on any atom is 0.282 e. The molecule has 3 aromatic rings. The van der Waals surface area contributed by atoms with Gasteiger partial charge in [0.2, 0.25) is 5.75 Å². The highest BCUT2D eigenvalue weighted by atomic mass is 79.9. The van der Waals surface area contributed by atoms with E-state index in [4.69, 9.17) is 19.2 Å². The van der Waals surface area contributed by atoms with E-state index in [-0.39, 0.29) is 17.6 Å². The topological polar surface area (TPSA) is 74.9 Å². The van der Waals surface area contributed by atoms with Crippen LogP contribution in [-0.4, -0.2) is 36.2 Å². The van der Waals surface area contributed by atoms with Crippen LogP contribution >= 0.6 is 15.9 Å². The van der Waals surface area contributed by atoms with E-state index >= 15 is 0 Å². The molecule has 4 rings (SSSR count). The van der Waals surface area contributed by atoms with Crippen LogP contribution < -0.4 is 19.8 Å². The fourth-order valence-electron chi connectivity index (χ4n) is 4.40. The van der Waals surface area contributed by atoms with E-state index in [1.54, 1.807) is 26.5 Å². The average molecular weight is 542 g/mol. The van der Waals surface area contributed by atoms with E-state index < -0.39 is 0 Å². The molecule has 0 saturated heterocycles. The number of benzene rings is 2. The average Bonchev–Trinajstić information content (AvgIpc) is 2.89. The Morgan fingerprint density at radius 3 is 2.46 bits per heavy atom. The van der Waals surface area contributed by atoms with Crippen molar-refractivity contribution in [2.45, 2.75) is 64.4 Å². The van der Waals surface area contributed by atoms with Gasteiger partial charge in [-0.1, -0.05) is 42.1 Å². The highest BCUT2D eigenvalue weighted by Crippen LogP contribution is 2.39. The van der Waals surface area contributed by atoms with E-state index in [9.17, 15) is 4.79 Å². The zero-order chi connectivity index (χ0) is 24.9. The zero-order valence-corrected chi connectivity index (χ0v) is 22.3. The minimum atomic E-state index is -0.177. The SMILES string of the molecule is CC[C@H](C)Oc1c(OC)cc(C=Nn2c(C3CCCCC3)nc3ccc(Br)cc3c2=O)cc1OC. The third-order valence-corrected chi connectivity index (χ3v) is 7.00. The lowest BCUT2D eigenvalue weighted by atomic mass is 9.88. The van der Waals surface area contributed by atoms with Crippen LogP contribution in [0, 0.1) is 0 Å². The molecule has 1 aromatic heterocycles. The quantitative estimate of drug-likeness (QED) is 0.313. The molecule has 1 saturated carbocycles. The van der Waals surface area contributed by atoms with Crippen molar-refractivity contribution in [1.29, 1.82) is 0 Å². The van der Waals surface area contributed by atoms with Crippen LogP contribution in [0.25, 0.3) is 10.9 Å². The van der Waals surface area contributed by atoms with E-state index in [1.807, 2.05) is 31.2 Å². The van der Waals surface area contributed by atoms with Gasteiger partial charge in [0.05, 0.1) is 37.4 Å². The van der Waals surface area contributed by atoms with E-state index in [1.165, 1.54) is 11.1 Å². The smallest absolute Gasteiger partial charge is 0.282 e. The molecule has 7 nitrogen and oxygen atoms in total. The second-order valence-electron chi connectivity index (χ2n) is 8.92. The van der Waals surface area contributed by atoms with Gasteiger partial charge < -0.3 is 14.2 Å². The summed E-state index contributed by atoms with van der Waals surface area (Å²) >= 11 is 3.47. The fourth-order valence-corrected chi connectivity index (χ4v) is 4.76. The first kappa shape index (κ1) is 25.2. The maximum absolute atomic E-state index is 13.5. The lowest BCUT2D eigenvalue weighted by Gasteiger charge is -2.23. The van der Waals surface area contributed by atoms with Crippen molar-refractivity contribution < 1.29 is 14.2 Å². The van der Waals surface area contributed by atoms with Crippen molar-refractivity contribution in [3.8, 4) is 17.2 Å². The summed E-state index contributed by atoms with van der Waals surface area (Å²) in [5, 5.41) is 5.17. The van der Waals surface area contributed by atoms with E-state index in [2.05, 4.69) is 28.0 Å². The first-order valence-corrected chi connectivity index (χ1v) is 12.9. The van der Waals surface area contributed by atoms with Gasteiger partial charge in [-0.05, 0) is 56.5 Å². The Hall–Kier alpha value is -2.87. The lowest BCUT2D eigenvalue weighted by molar-refractivity contribution is 0.198. The van der Waals surface area contributed by atoms with Crippen LogP contribution in [0.5, 0.6) is 17.2 Å². The summed E-state index contributed by atoms with van der Waals surface area (Å²) in [7, 11) is 3.19. The summed E-state index contributed by atoms with van der Waals surface area (Å²) in [5.41, 5.74) is 1.25. The van der Waals surface area contributed by atoms with Crippen molar-refractivity contribution in [1.82, 2.24) is 9.66 Å². The third-order valence-electron chi connectivity index (χ3n) is 6.50. The summed E-state index contributed by atoms with van der Waals surface area (Å²) in [6, 6.07) is 9.26. The first-order chi connectivity index (χ1) is 16.9. The van der Waals surface area contributed by atoms with Crippen LogP contribution in [0.4, 0.5) is 0 Å². The number of nitrogens with zero attached hydrogens (tertiary/aromatic N) is 3. The van der Waals surface area contributed by atoms with Gasteiger partial charge in [-0.3, -0.25) is 4.79 Å². The van der Waals surface area contributed by atoms with Crippen LogP contribution in [0.2, 0.25) is 0 Å². The molecular weight excluding hydrogens is 510 g/mol. The van der Waals surface area contributed by atoms with Crippen molar-refractivity contribution in [3.05, 3.63) is 56.5 Å². The molecule has 1 fully saturated rings. The molecule has 1 atom stereocenters. The molecule has 1 aliphatic rings. The molecular formula is C27H32BrN3O4. The summed E-state index contributed by atoms with van der Waals surface area (Å²) < 4.78 is 19.5. The molecule has 0 spiro atoms. The van der Waals surface area contributed by atoms with E-state index in [0.717, 1.165) is 48.0 Å². The monoisotopic (exact) mass is 541 g/mol. The van der Waals surface area contributed by atoms with Crippen molar-refractivity contribution in [2.24, 2.45) is 5.10 Å². The molecule has 0 bridgehead atoms. The number of aromatic nitrogens is 2. The number of methoxy groups -OCH3 is 2. The molecule has 2 aromatic carbocycles. The van der Waals surface area contributed by atoms with Gasteiger partial charge in [0.1, 0.15) is 5.82 Å². The summed E-state index contributed by atoms with van der Waals surface area (Å²) in [4.78, 5) is 18.4. The Labute approximate surface area is 214 Å². The highest BCUT2D eigenvalue weighted by Gasteiger charge is 2.23. The molecule has 186 valence electrons. The second kappa shape index (κ2) is 11.2. The van der Waals surface area contributed by atoms with Crippen molar-refractivity contribution >= 4 is 33.0 Å². The van der Waals surface area contributed by atoms with Crippen molar-refractivity contribution in [3.63, 3.8) is 0 Å². The number of ether oxygens (including phenoxy) is 3. The predicted octanol–water partition coefficient (Wildman–Crippen LogP) is 6.28. The Bertz CT molecular complexity index is 1260. The number of fused-ring (bicyclic) bond motifs is 1. The Balaban J connectivity index is 1.81. The van der Waals surface area contributed by atoms with Gasteiger partial charge in [-0.15, -0.1) is 0 Å². The zero-order valence-electron chi connectivity index (χ0n) is 20.7. The molecule has 0 aliphatic heterocycles. The first-order valence-electron chi connectivity index (χ1n) is 12.1. The minimum absolute atomic E-state index is 0.0111. The third kappa shape index (κ3) is 5.53. The molecule has 0 N–H and O–H groups in total. The standard InChI is InChI=1S/C27H32BrN3O4/c1-5-17(2)35-25-23(33-3)13-18(14-24(25)34-4)16-29-31-26(19-9-7-6-8-10-19)30-22-12-11-20(28)15-21(22)27(31)32/h11-17,19H,5-10H2,1-4H3/t17-/m0/s1. The van der Waals surface area contributed by atoms with Crippen LogP contribution in [0.1, 0.15) is 69.7 Å². The number of rotatable bonds is 8. The highest BCUT2D eigenvalue weighted by molar-refractivity contribution is 9.10. The van der Waals surface area contributed by atoms with Crippen LogP contribution in [-0.2, 0) is 0 Å². The van der Waals surface area contributed by atoms with Gasteiger partial charge in [-0.25, -0.2) is 4.98 Å².